The molecule has 4 N–H and O–H groups in total. The second-order valence-electron chi connectivity index (χ2n) is 4.58. The third-order valence-corrected chi connectivity index (χ3v) is 4.36. The van der Waals surface area contributed by atoms with Crippen LogP contribution in [0, 0.1) is 0 Å². The molecule has 0 radical (unpaired) electrons. The predicted molar refractivity (Wildman–Crippen MR) is 81.9 cm³/mol. The van der Waals surface area contributed by atoms with Gasteiger partial charge in [0.1, 0.15) is 6.04 Å². The number of benzene rings is 1. The predicted octanol–water partition coefficient (Wildman–Crippen LogP) is 0.948. The van der Waals surface area contributed by atoms with E-state index in [1.165, 1.54) is 4.90 Å². The van der Waals surface area contributed by atoms with E-state index in [9.17, 15) is 4.79 Å². The van der Waals surface area contributed by atoms with Gasteiger partial charge in [-0.3, -0.25) is 4.79 Å². The van der Waals surface area contributed by atoms with Crippen LogP contribution in [0.3, 0.4) is 0 Å². The lowest BCUT2D eigenvalue weighted by atomic mass is 10.1. The lowest BCUT2D eigenvalue weighted by Crippen LogP contribution is -2.53. The van der Waals surface area contributed by atoms with Crippen molar-refractivity contribution in [1.29, 1.82) is 0 Å². The molecule has 0 aromatic heterocycles. The van der Waals surface area contributed by atoms with Crippen molar-refractivity contribution in [2.45, 2.75) is 24.4 Å². The Morgan fingerprint density at radius 2 is 2.35 bits per heavy atom. The molecule has 6 heteroatoms. The number of nitrogens with zero attached hydrogens (tertiary/aromatic N) is 1. The van der Waals surface area contributed by atoms with Crippen LogP contribution in [0.25, 0.3) is 0 Å². The monoisotopic (exact) mass is 295 g/mol. The van der Waals surface area contributed by atoms with Gasteiger partial charge in [-0.05, 0) is 17.9 Å². The molecule has 0 spiro atoms. The minimum absolute atomic E-state index is 0.338. The lowest BCUT2D eigenvalue weighted by molar-refractivity contribution is -0.121. The molecular formula is C14H21N3O2S. The molecule has 2 rings (SSSR count). The van der Waals surface area contributed by atoms with Crippen molar-refractivity contribution in [1.82, 2.24) is 0 Å². The summed E-state index contributed by atoms with van der Waals surface area (Å²) in [5, 5.41) is 0. The van der Waals surface area contributed by atoms with Gasteiger partial charge in [0.05, 0.1) is 13.2 Å². The van der Waals surface area contributed by atoms with E-state index in [4.69, 9.17) is 16.2 Å². The Hall–Kier alpha value is -1.24. The van der Waals surface area contributed by atoms with Gasteiger partial charge in [0.25, 0.3) is 0 Å². The molecule has 1 fully saturated rings. The Morgan fingerprint density at radius 1 is 1.55 bits per heavy atom. The van der Waals surface area contributed by atoms with E-state index in [-0.39, 0.29) is 5.91 Å². The number of carbonyl (C=O) groups excluding carboxylic acids is 1. The van der Waals surface area contributed by atoms with Crippen molar-refractivity contribution in [3.8, 4) is 0 Å². The van der Waals surface area contributed by atoms with Gasteiger partial charge in [-0.2, -0.15) is 0 Å². The minimum Gasteiger partial charge on any atom is -0.377 e. The zero-order valence-corrected chi connectivity index (χ0v) is 12.5. The van der Waals surface area contributed by atoms with E-state index in [0.717, 1.165) is 17.0 Å². The second kappa shape index (κ2) is 6.97. The number of anilines is 1. The molecule has 1 aromatic rings. The molecular weight excluding hydrogens is 274 g/mol. The van der Waals surface area contributed by atoms with Gasteiger partial charge in [-0.1, -0.05) is 13.0 Å². The Kier molecular flexibility index (Phi) is 5.28. The second-order valence-corrected chi connectivity index (χ2v) is 5.88. The average Bonchev–Trinajstić information content (AvgIpc) is 2.47. The van der Waals surface area contributed by atoms with Crippen LogP contribution in [0.15, 0.2) is 23.1 Å². The standard InChI is InChI=1S/C14H21N3O2S/c1-2-20-13-5-3-4-11(10(13)8-15)17-6-7-19-9-12(17)14(16)18/h3-5,12H,2,6-9,15H2,1H3,(H2,16,18). The molecule has 1 unspecified atom stereocenters. The number of thioether (sulfide) groups is 1. The maximum Gasteiger partial charge on any atom is 0.242 e. The molecule has 1 aliphatic rings. The Labute approximate surface area is 123 Å². The summed E-state index contributed by atoms with van der Waals surface area (Å²) in [7, 11) is 0. The zero-order valence-electron chi connectivity index (χ0n) is 11.7. The molecule has 0 aliphatic carbocycles. The van der Waals surface area contributed by atoms with Crippen molar-refractivity contribution in [2.75, 3.05) is 30.4 Å². The van der Waals surface area contributed by atoms with Gasteiger partial charge in [0, 0.05) is 29.2 Å². The molecule has 110 valence electrons. The van der Waals surface area contributed by atoms with Gasteiger partial charge in [-0.15, -0.1) is 11.8 Å². The molecule has 1 amide bonds. The number of rotatable bonds is 5. The van der Waals surface area contributed by atoms with E-state index in [1.54, 1.807) is 11.8 Å². The van der Waals surface area contributed by atoms with Crippen LogP contribution in [-0.2, 0) is 16.1 Å². The zero-order chi connectivity index (χ0) is 14.5. The Morgan fingerprint density at radius 3 is 3.00 bits per heavy atom. The van der Waals surface area contributed by atoms with E-state index in [2.05, 4.69) is 13.0 Å². The van der Waals surface area contributed by atoms with Gasteiger partial charge in [-0.25, -0.2) is 0 Å². The van der Waals surface area contributed by atoms with Crippen molar-refractivity contribution < 1.29 is 9.53 Å². The maximum absolute atomic E-state index is 11.6. The highest BCUT2D eigenvalue weighted by atomic mass is 32.2. The van der Waals surface area contributed by atoms with Gasteiger partial charge in [0.2, 0.25) is 5.91 Å². The third kappa shape index (κ3) is 3.08. The molecule has 1 atom stereocenters. The first-order chi connectivity index (χ1) is 9.69. The Bertz CT molecular complexity index is 481. The molecule has 1 aromatic carbocycles. The maximum atomic E-state index is 11.6. The molecule has 20 heavy (non-hydrogen) atoms. The minimum atomic E-state index is -0.420. The summed E-state index contributed by atoms with van der Waals surface area (Å²) in [6.07, 6.45) is 0. The van der Waals surface area contributed by atoms with Crippen molar-refractivity contribution in [2.24, 2.45) is 11.5 Å². The SMILES string of the molecule is CCSc1cccc(N2CCOCC2C(N)=O)c1CN. The third-order valence-electron chi connectivity index (χ3n) is 3.38. The Balaban J connectivity index is 2.39. The van der Waals surface area contributed by atoms with Crippen LogP contribution in [0.5, 0.6) is 0 Å². The first-order valence-corrected chi connectivity index (χ1v) is 7.76. The van der Waals surface area contributed by atoms with Gasteiger partial charge >= 0.3 is 0 Å². The normalized spacial score (nSPS) is 19.1. The van der Waals surface area contributed by atoms with Crippen LogP contribution in [0.1, 0.15) is 12.5 Å². The highest BCUT2D eigenvalue weighted by molar-refractivity contribution is 7.99. The highest BCUT2D eigenvalue weighted by Crippen LogP contribution is 2.32. The van der Waals surface area contributed by atoms with Crippen molar-refractivity contribution >= 4 is 23.4 Å². The van der Waals surface area contributed by atoms with Crippen LogP contribution in [-0.4, -0.2) is 37.5 Å². The van der Waals surface area contributed by atoms with E-state index < -0.39 is 6.04 Å². The summed E-state index contributed by atoms with van der Waals surface area (Å²) in [4.78, 5) is 14.8. The van der Waals surface area contributed by atoms with E-state index in [0.29, 0.717) is 26.3 Å². The smallest absolute Gasteiger partial charge is 0.242 e. The lowest BCUT2D eigenvalue weighted by Gasteiger charge is -2.36. The van der Waals surface area contributed by atoms with Crippen molar-refractivity contribution in [3.05, 3.63) is 23.8 Å². The number of amides is 1. The van der Waals surface area contributed by atoms with Crippen LogP contribution < -0.4 is 16.4 Å². The molecule has 5 nitrogen and oxygen atoms in total. The summed E-state index contributed by atoms with van der Waals surface area (Å²) in [6, 6.07) is 5.65. The molecule has 1 saturated heterocycles. The quantitative estimate of drug-likeness (QED) is 0.790. The summed E-state index contributed by atoms with van der Waals surface area (Å²) in [6.45, 7) is 4.14. The van der Waals surface area contributed by atoms with Gasteiger partial charge in [0.15, 0.2) is 0 Å². The molecule has 0 saturated carbocycles. The van der Waals surface area contributed by atoms with Crippen molar-refractivity contribution in [3.63, 3.8) is 0 Å². The fourth-order valence-corrected chi connectivity index (χ4v) is 3.29. The summed E-state index contributed by atoms with van der Waals surface area (Å²) < 4.78 is 5.37. The summed E-state index contributed by atoms with van der Waals surface area (Å²) in [5.41, 5.74) is 13.5. The summed E-state index contributed by atoms with van der Waals surface area (Å²) in [5.74, 6) is 0.625. The highest BCUT2D eigenvalue weighted by Gasteiger charge is 2.29. The number of hydrogen-bond donors (Lipinski definition) is 2. The topological polar surface area (TPSA) is 81.6 Å². The molecule has 1 aliphatic heterocycles. The van der Waals surface area contributed by atoms with E-state index >= 15 is 0 Å². The fourth-order valence-electron chi connectivity index (χ4n) is 2.45. The average molecular weight is 295 g/mol. The number of nitrogens with two attached hydrogens (primary N) is 2. The van der Waals surface area contributed by atoms with E-state index in [1.807, 2.05) is 17.0 Å². The van der Waals surface area contributed by atoms with Crippen LogP contribution in [0.2, 0.25) is 0 Å². The first kappa shape index (κ1) is 15.2. The summed E-state index contributed by atoms with van der Waals surface area (Å²) >= 11 is 1.76. The fraction of sp³-hybridized carbons (Fsp3) is 0.500. The number of primary amides is 1. The molecule has 0 bridgehead atoms. The number of hydrogen-bond acceptors (Lipinski definition) is 5. The largest absolute Gasteiger partial charge is 0.377 e. The molecule has 1 heterocycles. The number of carbonyl (C=O) groups is 1. The first-order valence-electron chi connectivity index (χ1n) is 6.77. The number of ether oxygens (including phenoxy) is 1. The van der Waals surface area contributed by atoms with Crippen LogP contribution >= 0.6 is 11.8 Å². The van der Waals surface area contributed by atoms with Gasteiger partial charge < -0.3 is 21.1 Å². The van der Waals surface area contributed by atoms with Crippen LogP contribution in [0.4, 0.5) is 5.69 Å². The number of morpholine rings is 1.